The second-order valence-corrected chi connectivity index (χ2v) is 9.58. The number of amides is 1. The number of hydrogen-bond acceptors (Lipinski definition) is 6. The van der Waals surface area contributed by atoms with Gasteiger partial charge in [0.15, 0.2) is 5.82 Å². The summed E-state index contributed by atoms with van der Waals surface area (Å²) in [4.78, 5) is 34.0. The first-order chi connectivity index (χ1) is 15.0. The Bertz CT molecular complexity index is 1270. The molecule has 1 aliphatic heterocycles. The summed E-state index contributed by atoms with van der Waals surface area (Å²) in [6.45, 7) is 7.51. The molecule has 0 bridgehead atoms. The Balaban J connectivity index is 1.80. The molecule has 0 unspecified atom stereocenters. The van der Waals surface area contributed by atoms with E-state index in [9.17, 15) is 14.7 Å². The summed E-state index contributed by atoms with van der Waals surface area (Å²) in [5, 5.41) is 13.6. The van der Waals surface area contributed by atoms with Gasteiger partial charge in [0.2, 0.25) is 0 Å². The van der Waals surface area contributed by atoms with E-state index in [4.69, 9.17) is 4.74 Å². The fourth-order valence-electron chi connectivity index (χ4n) is 3.73. The zero-order chi connectivity index (χ0) is 23.4. The van der Waals surface area contributed by atoms with Crippen molar-refractivity contribution in [1.29, 1.82) is 0 Å². The zero-order valence-corrected chi connectivity index (χ0v) is 20.1. The monoisotopic (exact) mass is 553 g/mol. The predicted molar refractivity (Wildman–Crippen MR) is 122 cm³/mol. The molecule has 0 fully saturated rings. The van der Waals surface area contributed by atoms with E-state index in [2.05, 4.69) is 15.1 Å². The number of carboxylic acid groups (broad SMARTS) is 1. The maximum Gasteiger partial charge on any atom is 0.435 e. The first-order valence-corrected chi connectivity index (χ1v) is 11.0. The average Bonchev–Trinajstić information content (AvgIpc) is 3.03. The molecule has 9 nitrogen and oxygen atoms in total. The lowest BCUT2D eigenvalue weighted by Gasteiger charge is -2.28. The molecule has 1 N–H and O–H groups in total. The first kappa shape index (κ1) is 22.4. The summed E-state index contributed by atoms with van der Waals surface area (Å²) in [7, 11) is 0. The predicted octanol–water partition coefficient (Wildman–Crippen LogP) is 4.36. The molecule has 1 aliphatic rings. The van der Waals surface area contributed by atoms with Gasteiger partial charge in [-0.1, -0.05) is 0 Å². The maximum atomic E-state index is 15.1. The highest BCUT2D eigenvalue weighted by molar-refractivity contribution is 14.1. The molecule has 3 heterocycles. The van der Waals surface area contributed by atoms with Crippen molar-refractivity contribution in [1.82, 2.24) is 24.6 Å². The lowest BCUT2D eigenvalue weighted by molar-refractivity contribution is 0.0522. The largest absolute Gasteiger partial charge is 0.465 e. The van der Waals surface area contributed by atoms with Gasteiger partial charge in [-0.05, 0) is 79.5 Å². The molecule has 2 aromatic heterocycles. The number of ether oxygens (including phenoxy) is 1. The molecule has 32 heavy (non-hydrogen) atoms. The molecule has 0 saturated carbocycles. The minimum Gasteiger partial charge on any atom is -0.465 e. The van der Waals surface area contributed by atoms with Crippen molar-refractivity contribution >= 4 is 45.8 Å². The lowest BCUT2D eigenvalue weighted by atomic mass is 9.91. The van der Waals surface area contributed by atoms with Gasteiger partial charge in [0, 0.05) is 13.1 Å². The quantitative estimate of drug-likeness (QED) is 0.446. The lowest BCUT2D eigenvalue weighted by Crippen LogP contribution is -2.35. The topological polar surface area (TPSA) is 110 Å². The van der Waals surface area contributed by atoms with E-state index in [1.807, 2.05) is 22.6 Å². The number of halogens is 2. The highest BCUT2D eigenvalue weighted by Gasteiger charge is 2.27. The molecule has 0 radical (unpaired) electrons. The van der Waals surface area contributed by atoms with Crippen molar-refractivity contribution in [3.63, 3.8) is 0 Å². The smallest absolute Gasteiger partial charge is 0.435 e. The number of fused-ring (bicyclic) bond motifs is 2. The number of aromatic nitrogens is 4. The van der Waals surface area contributed by atoms with Gasteiger partial charge in [-0.25, -0.2) is 23.9 Å². The molecule has 168 valence electrons. The van der Waals surface area contributed by atoms with Crippen LogP contribution in [0.15, 0.2) is 12.3 Å². The Morgan fingerprint density at radius 1 is 1.31 bits per heavy atom. The molecule has 0 atom stereocenters. The number of benzene rings is 1. The summed E-state index contributed by atoms with van der Waals surface area (Å²) in [6.07, 6.45) is 0.188. The molecule has 0 spiro atoms. The number of hydrogen-bond donors (Lipinski definition) is 1. The van der Waals surface area contributed by atoms with Crippen LogP contribution in [0.1, 0.15) is 37.5 Å². The summed E-state index contributed by atoms with van der Waals surface area (Å²) < 4.78 is 22.0. The van der Waals surface area contributed by atoms with Crippen LogP contribution in [0.3, 0.4) is 0 Å². The van der Waals surface area contributed by atoms with E-state index in [1.165, 1.54) is 17.2 Å². The van der Waals surface area contributed by atoms with E-state index in [1.54, 1.807) is 27.7 Å². The third kappa shape index (κ3) is 4.00. The Hall–Kier alpha value is -2.83. The summed E-state index contributed by atoms with van der Waals surface area (Å²) in [5.74, 6) is -0.330. The van der Waals surface area contributed by atoms with Gasteiger partial charge in [0.25, 0.3) is 0 Å². The maximum absolute atomic E-state index is 15.1. The Labute approximate surface area is 196 Å². The Morgan fingerprint density at radius 2 is 2.03 bits per heavy atom. The molecular weight excluding hydrogens is 532 g/mol. The molecule has 4 rings (SSSR count). The number of carbonyl (C=O) groups excluding carboxylic acids is 1. The minimum absolute atomic E-state index is 0.143. The number of rotatable bonds is 1. The van der Waals surface area contributed by atoms with Crippen LogP contribution in [0.2, 0.25) is 0 Å². The van der Waals surface area contributed by atoms with Crippen molar-refractivity contribution in [2.45, 2.75) is 46.3 Å². The van der Waals surface area contributed by atoms with E-state index in [0.29, 0.717) is 33.3 Å². The number of carbonyl (C=O) groups is 2. The SMILES string of the molecule is Cc1c2c(cc(F)c1-c1ncc3c(n1)c(I)nn3C(=O)OC(C)(C)C)CCN(C(=O)O)C2. The van der Waals surface area contributed by atoms with E-state index in [0.717, 1.165) is 15.8 Å². The van der Waals surface area contributed by atoms with Crippen LogP contribution in [-0.4, -0.2) is 54.1 Å². The molecule has 3 aromatic rings. The van der Waals surface area contributed by atoms with Crippen LogP contribution in [0.25, 0.3) is 22.4 Å². The second-order valence-electron chi connectivity index (χ2n) is 8.56. The Kier molecular flexibility index (Phi) is 5.55. The molecular formula is C21H21FIN5O4. The normalized spacial score (nSPS) is 13.9. The summed E-state index contributed by atoms with van der Waals surface area (Å²) in [6, 6.07) is 1.43. The van der Waals surface area contributed by atoms with E-state index in [-0.39, 0.29) is 17.9 Å². The molecule has 11 heteroatoms. The molecule has 1 aromatic carbocycles. The van der Waals surface area contributed by atoms with Crippen molar-refractivity contribution < 1.29 is 23.8 Å². The number of nitrogens with zero attached hydrogens (tertiary/aromatic N) is 5. The third-order valence-corrected chi connectivity index (χ3v) is 5.92. The Morgan fingerprint density at radius 3 is 2.69 bits per heavy atom. The van der Waals surface area contributed by atoms with Crippen LogP contribution in [0, 0.1) is 16.4 Å². The highest BCUT2D eigenvalue weighted by Crippen LogP contribution is 2.33. The van der Waals surface area contributed by atoms with Gasteiger partial charge < -0.3 is 14.7 Å². The van der Waals surface area contributed by atoms with Crippen molar-refractivity contribution in [2.75, 3.05) is 6.54 Å². The zero-order valence-electron chi connectivity index (χ0n) is 17.9. The molecule has 1 amide bonds. The fraction of sp³-hybridized carbons (Fsp3) is 0.381. The summed E-state index contributed by atoms with van der Waals surface area (Å²) >= 11 is 1.95. The summed E-state index contributed by atoms with van der Waals surface area (Å²) in [5.41, 5.74) is 2.39. The highest BCUT2D eigenvalue weighted by atomic mass is 127. The van der Waals surface area contributed by atoms with Gasteiger partial charge in [-0.2, -0.15) is 9.78 Å². The molecule has 0 aliphatic carbocycles. The van der Waals surface area contributed by atoms with Crippen LogP contribution in [-0.2, 0) is 17.7 Å². The van der Waals surface area contributed by atoms with Gasteiger partial charge in [-0.15, -0.1) is 0 Å². The van der Waals surface area contributed by atoms with Gasteiger partial charge in [0.1, 0.15) is 26.2 Å². The van der Waals surface area contributed by atoms with Gasteiger partial charge in [-0.3, -0.25) is 0 Å². The average molecular weight is 553 g/mol. The first-order valence-electron chi connectivity index (χ1n) is 9.90. The molecule has 0 saturated heterocycles. The van der Waals surface area contributed by atoms with Crippen LogP contribution in [0.5, 0.6) is 0 Å². The van der Waals surface area contributed by atoms with Crippen molar-refractivity contribution in [2.24, 2.45) is 0 Å². The minimum atomic E-state index is -1.01. The van der Waals surface area contributed by atoms with Gasteiger partial charge >= 0.3 is 12.2 Å². The second kappa shape index (κ2) is 7.94. The van der Waals surface area contributed by atoms with Crippen molar-refractivity contribution in [3.8, 4) is 11.4 Å². The standard InChI is InChI=1S/C21H21FIN5O4/c1-10-12-9-27(19(29)30)6-5-11(12)7-13(22)15(10)18-24-8-14-16(25-18)17(23)26-28(14)20(31)32-21(2,3)4/h7-8H,5-6,9H2,1-4H3,(H,29,30). The van der Waals surface area contributed by atoms with Crippen LogP contribution < -0.4 is 0 Å². The van der Waals surface area contributed by atoms with Gasteiger partial charge in [0.05, 0.1) is 11.8 Å². The van der Waals surface area contributed by atoms with Crippen LogP contribution in [0.4, 0.5) is 14.0 Å². The van der Waals surface area contributed by atoms with E-state index < -0.39 is 23.6 Å². The fourth-order valence-corrected chi connectivity index (χ4v) is 4.34. The third-order valence-electron chi connectivity index (χ3n) is 5.20. The van der Waals surface area contributed by atoms with E-state index >= 15 is 4.39 Å². The van der Waals surface area contributed by atoms with Crippen LogP contribution >= 0.6 is 22.6 Å². The van der Waals surface area contributed by atoms with Crippen molar-refractivity contribution in [3.05, 3.63) is 38.5 Å².